The maximum atomic E-state index is 4.71. The largest absolute Gasteiger partial charge is 0.352 e. The lowest BCUT2D eigenvalue weighted by atomic mass is 10.2. The zero-order chi connectivity index (χ0) is 19.4. The number of rotatable bonds is 5. The van der Waals surface area contributed by atoms with Crippen molar-refractivity contribution in [3.05, 3.63) is 57.9 Å². The number of nitrogens with one attached hydrogen (secondary N) is 2. The minimum Gasteiger partial charge on any atom is -0.352 e. The van der Waals surface area contributed by atoms with Crippen molar-refractivity contribution in [2.24, 2.45) is 12.0 Å². The molecule has 0 aliphatic heterocycles. The summed E-state index contributed by atoms with van der Waals surface area (Å²) >= 11 is 1.72. The third-order valence-electron chi connectivity index (χ3n) is 4.64. The van der Waals surface area contributed by atoms with Crippen molar-refractivity contribution in [3.8, 4) is 10.6 Å². The van der Waals surface area contributed by atoms with Gasteiger partial charge < -0.3 is 10.6 Å². The van der Waals surface area contributed by atoms with Gasteiger partial charge in [0.25, 0.3) is 0 Å². The lowest BCUT2D eigenvalue weighted by Crippen LogP contribution is -2.36. The van der Waals surface area contributed by atoms with Gasteiger partial charge in [-0.25, -0.2) is 4.98 Å². The van der Waals surface area contributed by atoms with Crippen LogP contribution in [0.2, 0.25) is 0 Å². The Kier molecular flexibility index (Phi) is 5.91. The second-order valence-corrected chi connectivity index (χ2v) is 7.53. The van der Waals surface area contributed by atoms with E-state index < -0.39 is 0 Å². The van der Waals surface area contributed by atoms with Crippen LogP contribution in [-0.2, 0) is 20.1 Å². The van der Waals surface area contributed by atoms with Crippen LogP contribution < -0.4 is 10.6 Å². The molecule has 0 amide bonds. The molecule has 1 aromatic carbocycles. The van der Waals surface area contributed by atoms with Crippen LogP contribution in [0.3, 0.4) is 0 Å². The summed E-state index contributed by atoms with van der Waals surface area (Å²) in [7, 11) is 3.75. The summed E-state index contributed by atoms with van der Waals surface area (Å²) in [5.41, 5.74) is 5.63. The number of nitrogens with zero attached hydrogens (tertiary/aromatic N) is 4. The number of thiazole rings is 1. The fourth-order valence-corrected chi connectivity index (χ4v) is 3.93. The first-order valence-corrected chi connectivity index (χ1v) is 9.76. The van der Waals surface area contributed by atoms with Gasteiger partial charge in [-0.3, -0.25) is 9.67 Å². The van der Waals surface area contributed by atoms with Crippen molar-refractivity contribution in [2.75, 3.05) is 7.05 Å². The molecule has 0 bridgehead atoms. The number of aliphatic imine (C=N–C) groups is 1. The highest BCUT2D eigenvalue weighted by atomic mass is 32.1. The molecule has 0 aliphatic carbocycles. The van der Waals surface area contributed by atoms with E-state index in [1.165, 1.54) is 16.1 Å². The van der Waals surface area contributed by atoms with Gasteiger partial charge in [0.15, 0.2) is 5.96 Å². The van der Waals surface area contributed by atoms with Crippen LogP contribution in [-0.4, -0.2) is 27.8 Å². The van der Waals surface area contributed by atoms with E-state index in [1.54, 1.807) is 18.4 Å². The Morgan fingerprint density at radius 2 is 1.78 bits per heavy atom. The first-order chi connectivity index (χ1) is 13.0. The van der Waals surface area contributed by atoms with E-state index in [0.29, 0.717) is 13.1 Å². The maximum absolute atomic E-state index is 4.71. The molecule has 7 heteroatoms. The molecule has 0 spiro atoms. The first-order valence-electron chi connectivity index (χ1n) is 8.95. The predicted octanol–water partition coefficient (Wildman–Crippen LogP) is 3.33. The van der Waals surface area contributed by atoms with E-state index in [4.69, 9.17) is 4.98 Å². The Bertz CT molecular complexity index is 939. The average Bonchev–Trinajstić information content (AvgIpc) is 3.16. The Labute approximate surface area is 164 Å². The number of hydrogen-bond donors (Lipinski definition) is 2. The fraction of sp³-hybridized carbons (Fsp3) is 0.350. The number of benzene rings is 1. The summed E-state index contributed by atoms with van der Waals surface area (Å²) in [5.74, 6) is 0.770. The van der Waals surface area contributed by atoms with Crippen LogP contribution in [0.1, 0.15) is 27.5 Å². The molecule has 142 valence electrons. The monoisotopic (exact) mass is 382 g/mol. The minimum atomic E-state index is 0.695. The third-order valence-corrected chi connectivity index (χ3v) is 5.85. The highest BCUT2D eigenvalue weighted by Gasteiger charge is 2.12. The quantitative estimate of drug-likeness (QED) is 0.525. The summed E-state index contributed by atoms with van der Waals surface area (Å²) in [5, 5.41) is 12.3. The maximum Gasteiger partial charge on any atom is 0.191 e. The van der Waals surface area contributed by atoms with Gasteiger partial charge in [-0.1, -0.05) is 30.3 Å². The summed E-state index contributed by atoms with van der Waals surface area (Å²) in [6, 6.07) is 10.3. The van der Waals surface area contributed by atoms with Gasteiger partial charge in [0.1, 0.15) is 5.01 Å². The molecule has 0 aliphatic rings. The molecule has 27 heavy (non-hydrogen) atoms. The molecule has 2 aromatic heterocycles. The first kappa shape index (κ1) is 19.1. The highest BCUT2D eigenvalue weighted by molar-refractivity contribution is 7.15. The molecular weight excluding hydrogens is 356 g/mol. The van der Waals surface area contributed by atoms with Gasteiger partial charge in [0.2, 0.25) is 0 Å². The molecule has 2 N–H and O–H groups in total. The Hall–Kier alpha value is -2.67. The van der Waals surface area contributed by atoms with E-state index in [9.17, 15) is 0 Å². The number of guanidine groups is 1. The van der Waals surface area contributed by atoms with Crippen molar-refractivity contribution in [3.63, 3.8) is 0 Å². The van der Waals surface area contributed by atoms with E-state index >= 15 is 0 Å². The summed E-state index contributed by atoms with van der Waals surface area (Å²) < 4.78 is 1.91. The van der Waals surface area contributed by atoms with Crippen LogP contribution in [0.5, 0.6) is 0 Å². The number of aryl methyl sites for hydroxylation is 3. The molecule has 0 saturated carbocycles. The lowest BCUT2D eigenvalue weighted by Gasteiger charge is -2.11. The van der Waals surface area contributed by atoms with Crippen LogP contribution in [0.25, 0.3) is 10.6 Å². The zero-order valence-electron chi connectivity index (χ0n) is 16.5. The third kappa shape index (κ3) is 4.36. The van der Waals surface area contributed by atoms with Gasteiger partial charge >= 0.3 is 0 Å². The highest BCUT2D eigenvalue weighted by Crippen LogP contribution is 2.27. The smallest absolute Gasteiger partial charge is 0.191 e. The zero-order valence-corrected chi connectivity index (χ0v) is 17.3. The average molecular weight is 383 g/mol. The van der Waals surface area contributed by atoms with Gasteiger partial charge in [-0.15, -0.1) is 11.3 Å². The molecule has 3 aromatic rings. The second-order valence-electron chi connectivity index (χ2n) is 6.45. The topological polar surface area (TPSA) is 67.1 Å². The van der Waals surface area contributed by atoms with Crippen molar-refractivity contribution in [1.29, 1.82) is 0 Å². The Morgan fingerprint density at radius 1 is 1.07 bits per heavy atom. The summed E-state index contributed by atoms with van der Waals surface area (Å²) in [6.45, 7) is 7.56. The molecule has 0 radical (unpaired) electrons. The number of hydrogen-bond acceptors (Lipinski definition) is 4. The number of aromatic nitrogens is 3. The molecule has 2 heterocycles. The molecule has 3 rings (SSSR count). The summed E-state index contributed by atoms with van der Waals surface area (Å²) in [4.78, 5) is 10.3. The van der Waals surface area contributed by atoms with Crippen LogP contribution >= 0.6 is 11.3 Å². The van der Waals surface area contributed by atoms with Gasteiger partial charge in [-0.2, -0.15) is 5.10 Å². The van der Waals surface area contributed by atoms with Crippen LogP contribution in [0.4, 0.5) is 0 Å². The molecule has 6 nitrogen and oxygen atoms in total. The predicted molar refractivity (Wildman–Crippen MR) is 112 cm³/mol. The van der Waals surface area contributed by atoms with Gasteiger partial charge in [0.05, 0.1) is 17.9 Å². The van der Waals surface area contributed by atoms with Crippen molar-refractivity contribution in [2.45, 2.75) is 33.9 Å². The minimum absolute atomic E-state index is 0.695. The van der Waals surface area contributed by atoms with E-state index in [1.807, 2.05) is 36.9 Å². The summed E-state index contributed by atoms with van der Waals surface area (Å²) in [6.07, 6.45) is 0. The molecular formula is C20H26N6S. The van der Waals surface area contributed by atoms with E-state index in [0.717, 1.165) is 27.9 Å². The SMILES string of the molecule is CN=C(NCc1sc(-c2ccccc2)nc1C)NCc1c(C)nn(C)c1C. The second kappa shape index (κ2) is 8.35. The molecule has 0 unspecified atom stereocenters. The molecule has 0 atom stereocenters. The molecule has 0 saturated heterocycles. The van der Waals surface area contributed by atoms with Gasteiger partial charge in [-0.05, 0) is 20.8 Å². The standard InChI is InChI=1S/C20H26N6S/c1-13-17(15(3)26(5)25-13)11-22-20(21-4)23-12-18-14(2)24-19(27-18)16-9-7-6-8-10-16/h6-10H,11-12H2,1-5H3,(H2,21,22,23). The van der Waals surface area contributed by atoms with E-state index in [2.05, 4.69) is 46.7 Å². The molecule has 0 fully saturated rings. The van der Waals surface area contributed by atoms with Crippen molar-refractivity contribution in [1.82, 2.24) is 25.4 Å². The van der Waals surface area contributed by atoms with Crippen molar-refractivity contribution < 1.29 is 0 Å². The Morgan fingerprint density at radius 3 is 2.41 bits per heavy atom. The normalized spacial score (nSPS) is 11.7. The van der Waals surface area contributed by atoms with Gasteiger partial charge in [0, 0.05) is 42.3 Å². The fourth-order valence-electron chi connectivity index (χ4n) is 2.93. The van der Waals surface area contributed by atoms with Crippen molar-refractivity contribution >= 4 is 17.3 Å². The van der Waals surface area contributed by atoms with Crippen LogP contribution in [0, 0.1) is 20.8 Å². The Balaban J connectivity index is 1.62. The van der Waals surface area contributed by atoms with E-state index in [-0.39, 0.29) is 0 Å². The van der Waals surface area contributed by atoms with Crippen LogP contribution in [0.15, 0.2) is 35.3 Å². The lowest BCUT2D eigenvalue weighted by molar-refractivity contribution is 0.728.